The van der Waals surface area contributed by atoms with Crippen molar-refractivity contribution in [3.05, 3.63) is 33.7 Å². The maximum absolute atomic E-state index is 12.6. The first kappa shape index (κ1) is 17.7. The van der Waals surface area contributed by atoms with Crippen molar-refractivity contribution in [2.24, 2.45) is 0 Å². The number of benzene rings is 1. The Morgan fingerprint density at radius 2 is 2.08 bits per heavy atom. The van der Waals surface area contributed by atoms with E-state index in [1.165, 1.54) is 11.3 Å². The topological polar surface area (TPSA) is 41.6 Å². The number of fused-ring (bicyclic) bond motifs is 1. The summed E-state index contributed by atoms with van der Waals surface area (Å²) < 4.78 is 6.46. The second-order valence-electron chi connectivity index (χ2n) is 6.79. The average Bonchev–Trinajstić information content (AvgIpc) is 2.92. The number of nitrogens with zero attached hydrogens (tertiary/aromatic N) is 1. The lowest BCUT2D eigenvalue weighted by Crippen LogP contribution is -2.55. The van der Waals surface area contributed by atoms with Crippen LogP contribution in [-0.2, 0) is 4.74 Å². The van der Waals surface area contributed by atoms with Gasteiger partial charge in [-0.3, -0.25) is 9.69 Å². The standard InChI is InChI=1S/C18H23ClN2O2S/c1-12-5-4-6-13-14(12)15(19)16(24-13)17(22)20-11-18(2,3)21-7-9-23-10-8-21/h4-6H,7-11H2,1-3H3,(H,20,22). The van der Waals surface area contributed by atoms with Crippen LogP contribution >= 0.6 is 22.9 Å². The number of amides is 1. The van der Waals surface area contributed by atoms with E-state index in [0.29, 0.717) is 16.4 Å². The summed E-state index contributed by atoms with van der Waals surface area (Å²) in [6.45, 7) is 10.2. The maximum atomic E-state index is 12.6. The average molecular weight is 367 g/mol. The third-order valence-corrected chi connectivity index (χ3v) is 6.26. The molecule has 1 aromatic carbocycles. The lowest BCUT2D eigenvalue weighted by atomic mass is 10.0. The molecular weight excluding hydrogens is 344 g/mol. The van der Waals surface area contributed by atoms with Crippen LogP contribution in [0.1, 0.15) is 29.1 Å². The van der Waals surface area contributed by atoms with Crippen LogP contribution in [0.4, 0.5) is 0 Å². The second-order valence-corrected chi connectivity index (χ2v) is 8.22. The van der Waals surface area contributed by atoms with E-state index < -0.39 is 0 Å². The summed E-state index contributed by atoms with van der Waals surface area (Å²) in [5.74, 6) is -0.0954. The van der Waals surface area contributed by atoms with Crippen molar-refractivity contribution < 1.29 is 9.53 Å². The molecule has 130 valence electrons. The molecule has 0 aliphatic carbocycles. The van der Waals surface area contributed by atoms with Crippen LogP contribution in [0.25, 0.3) is 10.1 Å². The summed E-state index contributed by atoms with van der Waals surface area (Å²) in [5.41, 5.74) is 0.986. The third kappa shape index (κ3) is 3.45. The Morgan fingerprint density at radius 1 is 1.38 bits per heavy atom. The van der Waals surface area contributed by atoms with Gasteiger partial charge in [-0.05, 0) is 32.4 Å². The van der Waals surface area contributed by atoms with Gasteiger partial charge < -0.3 is 10.1 Å². The first-order valence-electron chi connectivity index (χ1n) is 8.19. The Labute approximate surface area is 151 Å². The lowest BCUT2D eigenvalue weighted by Gasteiger charge is -2.40. The van der Waals surface area contributed by atoms with Crippen molar-refractivity contribution in [3.8, 4) is 0 Å². The zero-order chi connectivity index (χ0) is 17.3. The Balaban J connectivity index is 1.73. The third-order valence-electron chi connectivity index (χ3n) is 4.62. The molecule has 0 saturated carbocycles. The van der Waals surface area contributed by atoms with E-state index in [9.17, 15) is 4.79 Å². The number of carbonyl (C=O) groups is 1. The smallest absolute Gasteiger partial charge is 0.262 e. The quantitative estimate of drug-likeness (QED) is 0.896. The Bertz CT molecular complexity index is 751. The number of nitrogens with one attached hydrogen (secondary N) is 1. The van der Waals surface area contributed by atoms with Crippen LogP contribution in [0, 0.1) is 6.92 Å². The van der Waals surface area contributed by atoms with Gasteiger partial charge in [0, 0.05) is 35.3 Å². The number of carbonyl (C=O) groups excluding carboxylic acids is 1. The molecule has 1 N–H and O–H groups in total. The molecule has 0 atom stereocenters. The molecule has 4 nitrogen and oxygen atoms in total. The number of hydrogen-bond acceptors (Lipinski definition) is 4. The number of morpholine rings is 1. The Hall–Kier alpha value is -1.14. The fourth-order valence-corrected chi connectivity index (χ4v) is 4.68. The highest BCUT2D eigenvalue weighted by Crippen LogP contribution is 2.37. The van der Waals surface area contributed by atoms with Gasteiger partial charge >= 0.3 is 0 Å². The second kappa shape index (κ2) is 7.00. The van der Waals surface area contributed by atoms with Gasteiger partial charge in [-0.2, -0.15) is 0 Å². The molecule has 2 heterocycles. The number of halogens is 1. The van der Waals surface area contributed by atoms with Crippen LogP contribution in [0.5, 0.6) is 0 Å². The molecule has 1 amide bonds. The minimum Gasteiger partial charge on any atom is -0.379 e. The first-order chi connectivity index (χ1) is 11.4. The number of rotatable bonds is 4. The van der Waals surface area contributed by atoms with Gasteiger partial charge in [0.1, 0.15) is 4.88 Å². The van der Waals surface area contributed by atoms with Crippen molar-refractivity contribution in [1.82, 2.24) is 10.2 Å². The van der Waals surface area contributed by atoms with Crippen LogP contribution < -0.4 is 5.32 Å². The molecule has 1 aliphatic rings. The lowest BCUT2D eigenvalue weighted by molar-refractivity contribution is -0.00922. The molecule has 1 aliphatic heterocycles. The summed E-state index contributed by atoms with van der Waals surface area (Å²) in [5, 5.41) is 4.61. The summed E-state index contributed by atoms with van der Waals surface area (Å²) >= 11 is 7.93. The zero-order valence-electron chi connectivity index (χ0n) is 14.3. The van der Waals surface area contributed by atoms with Crippen LogP contribution in [0.15, 0.2) is 18.2 Å². The van der Waals surface area contributed by atoms with E-state index in [-0.39, 0.29) is 11.4 Å². The summed E-state index contributed by atoms with van der Waals surface area (Å²) in [6.07, 6.45) is 0. The molecule has 1 fully saturated rings. The van der Waals surface area contributed by atoms with Gasteiger partial charge in [0.2, 0.25) is 0 Å². The van der Waals surface area contributed by atoms with E-state index in [1.54, 1.807) is 0 Å². The van der Waals surface area contributed by atoms with Crippen molar-refractivity contribution in [3.63, 3.8) is 0 Å². The first-order valence-corrected chi connectivity index (χ1v) is 9.38. The largest absolute Gasteiger partial charge is 0.379 e. The Morgan fingerprint density at radius 3 is 2.75 bits per heavy atom. The van der Waals surface area contributed by atoms with Crippen LogP contribution in [0.3, 0.4) is 0 Å². The van der Waals surface area contributed by atoms with E-state index in [1.807, 2.05) is 25.1 Å². The fraction of sp³-hybridized carbons (Fsp3) is 0.500. The molecule has 1 saturated heterocycles. The van der Waals surface area contributed by atoms with Crippen molar-refractivity contribution in [2.75, 3.05) is 32.8 Å². The molecule has 6 heteroatoms. The van der Waals surface area contributed by atoms with Gasteiger partial charge in [-0.1, -0.05) is 23.7 Å². The van der Waals surface area contributed by atoms with E-state index >= 15 is 0 Å². The molecule has 0 radical (unpaired) electrons. The van der Waals surface area contributed by atoms with Gasteiger partial charge in [0.15, 0.2) is 0 Å². The number of aryl methyl sites for hydroxylation is 1. The Kier molecular flexibility index (Phi) is 5.16. The van der Waals surface area contributed by atoms with E-state index in [2.05, 4.69) is 24.1 Å². The molecule has 0 unspecified atom stereocenters. The van der Waals surface area contributed by atoms with Gasteiger partial charge in [-0.25, -0.2) is 0 Å². The summed E-state index contributed by atoms with van der Waals surface area (Å²) in [7, 11) is 0. The zero-order valence-corrected chi connectivity index (χ0v) is 15.9. The van der Waals surface area contributed by atoms with Gasteiger partial charge in [0.25, 0.3) is 5.91 Å². The molecular formula is C18H23ClN2O2S. The number of thiophene rings is 1. The minimum absolute atomic E-state index is 0.0954. The van der Waals surface area contributed by atoms with E-state index in [0.717, 1.165) is 42.0 Å². The predicted octanol–water partition coefficient (Wildman–Crippen LogP) is 3.70. The summed E-state index contributed by atoms with van der Waals surface area (Å²) in [6, 6.07) is 6.02. The molecule has 0 spiro atoms. The fourth-order valence-electron chi connectivity index (χ4n) is 3.08. The predicted molar refractivity (Wildman–Crippen MR) is 100 cm³/mol. The van der Waals surface area contributed by atoms with Gasteiger partial charge in [0.05, 0.1) is 18.2 Å². The molecule has 24 heavy (non-hydrogen) atoms. The van der Waals surface area contributed by atoms with Crippen LogP contribution in [0.2, 0.25) is 5.02 Å². The highest BCUT2D eigenvalue weighted by Gasteiger charge is 2.29. The van der Waals surface area contributed by atoms with Gasteiger partial charge in [-0.15, -0.1) is 11.3 Å². The molecule has 2 aromatic rings. The maximum Gasteiger partial charge on any atom is 0.262 e. The van der Waals surface area contributed by atoms with Crippen molar-refractivity contribution in [1.29, 1.82) is 0 Å². The summed E-state index contributed by atoms with van der Waals surface area (Å²) in [4.78, 5) is 15.6. The normalized spacial score (nSPS) is 16.5. The van der Waals surface area contributed by atoms with Crippen molar-refractivity contribution >= 4 is 38.9 Å². The highest BCUT2D eigenvalue weighted by atomic mass is 35.5. The van der Waals surface area contributed by atoms with Crippen LogP contribution in [-0.4, -0.2) is 49.2 Å². The molecule has 1 aromatic heterocycles. The minimum atomic E-state index is -0.113. The SMILES string of the molecule is Cc1cccc2sc(C(=O)NCC(C)(C)N3CCOCC3)c(Cl)c12. The van der Waals surface area contributed by atoms with E-state index in [4.69, 9.17) is 16.3 Å². The number of hydrogen-bond donors (Lipinski definition) is 1. The molecule has 3 rings (SSSR count). The monoisotopic (exact) mass is 366 g/mol. The van der Waals surface area contributed by atoms with Crippen molar-refractivity contribution in [2.45, 2.75) is 26.3 Å². The highest BCUT2D eigenvalue weighted by molar-refractivity contribution is 7.21. The number of ether oxygens (including phenoxy) is 1. The molecule has 0 bridgehead atoms.